The number of anilines is 2. The van der Waals surface area contributed by atoms with E-state index in [0.717, 1.165) is 56.4 Å². The number of rotatable bonds is 0. The van der Waals surface area contributed by atoms with Crippen LogP contribution in [0.15, 0.2) is 53.8 Å². The van der Waals surface area contributed by atoms with Crippen LogP contribution < -0.4 is 9.80 Å². The summed E-state index contributed by atoms with van der Waals surface area (Å²) in [7, 11) is 1.95. The van der Waals surface area contributed by atoms with Crippen molar-refractivity contribution in [1.82, 2.24) is 14.8 Å². The summed E-state index contributed by atoms with van der Waals surface area (Å²) in [5.41, 5.74) is 4.59. The summed E-state index contributed by atoms with van der Waals surface area (Å²) in [5, 5.41) is 4.25. The van der Waals surface area contributed by atoms with E-state index in [1.807, 2.05) is 31.0 Å². The fraction of sp³-hybridized carbons (Fsp3) is 0.370. The first-order chi connectivity index (χ1) is 17.0. The summed E-state index contributed by atoms with van der Waals surface area (Å²) in [4.78, 5) is 39.2. The van der Waals surface area contributed by atoms with Gasteiger partial charge in [-0.25, -0.2) is 4.68 Å². The number of hydrogen-bond donors (Lipinski definition) is 0. The number of guanidine groups is 1. The molecule has 2 aliphatic rings. The molecule has 0 fully saturated rings. The molecule has 0 N–H and O–H groups in total. The quantitative estimate of drug-likeness (QED) is 0.455. The lowest BCUT2D eigenvalue weighted by Crippen LogP contribution is -2.37. The summed E-state index contributed by atoms with van der Waals surface area (Å²) in [5.74, 6) is 0.299. The van der Waals surface area contributed by atoms with Crippen molar-refractivity contribution >= 4 is 29.1 Å². The first-order valence-corrected chi connectivity index (χ1v) is 12.3. The third kappa shape index (κ3) is 4.73. The standard InChI is InChI=1S/C27H30N6O2/c1-19-15-20-16-22(29-19)21-17-28-33(18-21)25(34)13-7-5-3-4-6-10-14-32-24-12-9-8-11-23(24)31(2)27(32)30-26(20)35/h8-9,11-12,15-18H,3-7,10,13-14H2,1-2H3. The highest BCUT2D eigenvalue weighted by Gasteiger charge is 2.30. The number of carbonyl (C=O) groups is 2. The first kappa shape index (κ1) is 23.0. The molecular weight excluding hydrogens is 440 g/mol. The van der Waals surface area contributed by atoms with Crippen LogP contribution in [-0.2, 0) is 0 Å². The Labute approximate surface area is 205 Å². The second kappa shape index (κ2) is 9.82. The van der Waals surface area contributed by atoms with E-state index in [-0.39, 0.29) is 11.8 Å². The second-order valence-corrected chi connectivity index (χ2v) is 9.24. The van der Waals surface area contributed by atoms with Crippen molar-refractivity contribution in [2.45, 2.75) is 51.9 Å². The van der Waals surface area contributed by atoms with Crippen molar-refractivity contribution in [3.63, 3.8) is 0 Å². The highest BCUT2D eigenvalue weighted by atomic mass is 16.2. The molecule has 1 aromatic carbocycles. The third-order valence-electron chi connectivity index (χ3n) is 6.63. The van der Waals surface area contributed by atoms with Crippen molar-refractivity contribution in [1.29, 1.82) is 0 Å². The molecule has 2 aromatic heterocycles. The van der Waals surface area contributed by atoms with Crippen LogP contribution in [0.3, 0.4) is 0 Å². The van der Waals surface area contributed by atoms with Crippen LogP contribution in [0.2, 0.25) is 0 Å². The Morgan fingerprint density at radius 1 is 0.886 bits per heavy atom. The van der Waals surface area contributed by atoms with E-state index in [1.165, 1.54) is 4.68 Å². The SMILES string of the molecule is Cc1cc2cc(n1)-c1cnn(c1)C(=O)CCCCCCCCN1C(=NC2=O)N(C)c2ccccc21. The summed E-state index contributed by atoms with van der Waals surface area (Å²) < 4.78 is 1.39. The lowest BCUT2D eigenvalue weighted by Gasteiger charge is -2.21. The highest BCUT2D eigenvalue weighted by Crippen LogP contribution is 2.36. The molecule has 0 aliphatic carbocycles. The molecule has 180 valence electrons. The van der Waals surface area contributed by atoms with Gasteiger partial charge in [-0.3, -0.25) is 14.6 Å². The molecule has 3 aromatic rings. The van der Waals surface area contributed by atoms with Crippen LogP contribution in [0.1, 0.15) is 65.8 Å². The molecule has 0 saturated carbocycles. The normalized spacial score (nSPS) is 17.3. The Kier molecular flexibility index (Phi) is 6.44. The number of aryl methyl sites for hydroxylation is 1. The van der Waals surface area contributed by atoms with Crippen molar-refractivity contribution in [2.75, 3.05) is 23.4 Å². The average Bonchev–Trinajstić information content (AvgIpc) is 3.45. The Morgan fingerprint density at radius 2 is 1.63 bits per heavy atom. The largest absolute Gasteiger partial charge is 0.313 e. The van der Waals surface area contributed by atoms with E-state index in [2.05, 4.69) is 32.1 Å². The number of carbonyl (C=O) groups excluding carboxylic acids is 2. The molecule has 0 radical (unpaired) electrons. The van der Waals surface area contributed by atoms with Gasteiger partial charge in [0.15, 0.2) is 0 Å². The van der Waals surface area contributed by atoms with Gasteiger partial charge in [0.1, 0.15) is 0 Å². The molecule has 4 heterocycles. The van der Waals surface area contributed by atoms with E-state index in [1.54, 1.807) is 24.5 Å². The zero-order chi connectivity index (χ0) is 24.4. The van der Waals surface area contributed by atoms with Crippen LogP contribution in [0.4, 0.5) is 11.4 Å². The summed E-state index contributed by atoms with van der Waals surface area (Å²) >= 11 is 0. The molecule has 0 unspecified atom stereocenters. The molecular formula is C27H30N6O2. The smallest absolute Gasteiger partial charge is 0.280 e. The zero-order valence-corrected chi connectivity index (χ0v) is 20.3. The number of fused-ring (bicyclic) bond motifs is 8. The van der Waals surface area contributed by atoms with Crippen LogP contribution in [0, 0.1) is 6.92 Å². The number of para-hydroxylation sites is 2. The van der Waals surface area contributed by atoms with E-state index >= 15 is 0 Å². The molecule has 0 atom stereocenters. The van der Waals surface area contributed by atoms with Gasteiger partial charge in [0.25, 0.3) is 5.91 Å². The number of amides is 1. The van der Waals surface area contributed by atoms with Crippen molar-refractivity contribution in [3.05, 3.63) is 60.0 Å². The molecule has 4 bridgehead atoms. The van der Waals surface area contributed by atoms with Gasteiger partial charge < -0.3 is 9.80 Å². The summed E-state index contributed by atoms with van der Waals surface area (Å²) in [6, 6.07) is 11.6. The van der Waals surface area contributed by atoms with Crippen molar-refractivity contribution in [3.8, 4) is 11.3 Å². The fourth-order valence-electron chi connectivity index (χ4n) is 4.78. The molecule has 5 rings (SSSR count). The van der Waals surface area contributed by atoms with E-state index in [0.29, 0.717) is 34.9 Å². The highest BCUT2D eigenvalue weighted by molar-refractivity contribution is 6.20. The monoisotopic (exact) mass is 470 g/mol. The Bertz CT molecular complexity index is 1290. The number of nitrogens with zero attached hydrogens (tertiary/aromatic N) is 6. The number of aromatic nitrogens is 3. The molecule has 1 amide bonds. The Hall–Kier alpha value is -3.81. The maximum absolute atomic E-state index is 13.4. The minimum atomic E-state index is -0.321. The van der Waals surface area contributed by atoms with Crippen LogP contribution >= 0.6 is 0 Å². The number of pyridine rings is 1. The Morgan fingerprint density at radius 3 is 2.46 bits per heavy atom. The van der Waals surface area contributed by atoms with Gasteiger partial charge in [0, 0.05) is 43.0 Å². The lowest BCUT2D eigenvalue weighted by atomic mass is 10.1. The first-order valence-electron chi connectivity index (χ1n) is 12.3. The minimum absolute atomic E-state index is 0.0214. The van der Waals surface area contributed by atoms with E-state index in [4.69, 9.17) is 0 Å². The molecule has 2 aliphatic heterocycles. The zero-order valence-electron chi connectivity index (χ0n) is 20.3. The predicted molar refractivity (Wildman–Crippen MR) is 137 cm³/mol. The van der Waals surface area contributed by atoms with Gasteiger partial charge in [-0.2, -0.15) is 10.1 Å². The van der Waals surface area contributed by atoms with Gasteiger partial charge in [0.2, 0.25) is 11.9 Å². The average molecular weight is 471 g/mol. The number of aliphatic imine (C=N–C) groups is 1. The molecule has 8 nitrogen and oxygen atoms in total. The van der Waals surface area contributed by atoms with Gasteiger partial charge in [0.05, 0.1) is 23.3 Å². The van der Waals surface area contributed by atoms with Crippen LogP contribution in [-0.4, -0.2) is 46.1 Å². The lowest BCUT2D eigenvalue weighted by molar-refractivity contribution is 0.0882. The third-order valence-corrected chi connectivity index (χ3v) is 6.63. The predicted octanol–water partition coefficient (Wildman–Crippen LogP) is 5.09. The number of hydrogen-bond acceptors (Lipinski definition) is 6. The number of benzene rings is 1. The fourth-order valence-corrected chi connectivity index (χ4v) is 4.78. The molecule has 0 saturated heterocycles. The van der Waals surface area contributed by atoms with Gasteiger partial charge in [-0.05, 0) is 44.0 Å². The second-order valence-electron chi connectivity index (χ2n) is 9.24. The molecule has 35 heavy (non-hydrogen) atoms. The van der Waals surface area contributed by atoms with Crippen LogP contribution in [0.25, 0.3) is 11.3 Å². The topological polar surface area (TPSA) is 83.7 Å². The van der Waals surface area contributed by atoms with Gasteiger partial charge >= 0.3 is 0 Å². The van der Waals surface area contributed by atoms with E-state index in [9.17, 15) is 9.59 Å². The van der Waals surface area contributed by atoms with E-state index < -0.39 is 0 Å². The maximum atomic E-state index is 13.4. The van der Waals surface area contributed by atoms with Crippen molar-refractivity contribution in [2.24, 2.45) is 4.99 Å². The Balaban J connectivity index is 1.53. The molecule has 8 heteroatoms. The van der Waals surface area contributed by atoms with Crippen molar-refractivity contribution < 1.29 is 9.59 Å². The molecule has 0 spiro atoms. The van der Waals surface area contributed by atoms with Gasteiger partial charge in [-0.1, -0.05) is 37.8 Å². The summed E-state index contributed by atoms with van der Waals surface area (Å²) in [6.45, 7) is 2.65. The minimum Gasteiger partial charge on any atom is -0.313 e. The maximum Gasteiger partial charge on any atom is 0.280 e. The summed E-state index contributed by atoms with van der Waals surface area (Å²) in [6.07, 6.45) is 9.99. The van der Waals surface area contributed by atoms with Crippen LogP contribution in [0.5, 0.6) is 0 Å². The van der Waals surface area contributed by atoms with Gasteiger partial charge in [-0.15, -0.1) is 0 Å².